The number of guanidine groups is 1. The average Bonchev–Trinajstić information content (AvgIpc) is 3.21. The van der Waals surface area contributed by atoms with Crippen LogP contribution < -0.4 is 10.2 Å². The molecule has 2 atom stereocenters. The SMILES string of the molecule is CN=C(NC1CC1C)N1CCN(c2ccccc2Cl)CC1.I. The Morgan fingerprint density at radius 3 is 2.41 bits per heavy atom. The molecule has 1 saturated heterocycles. The number of piperazine rings is 1. The van der Waals surface area contributed by atoms with Gasteiger partial charge in [0.1, 0.15) is 0 Å². The molecule has 22 heavy (non-hydrogen) atoms. The summed E-state index contributed by atoms with van der Waals surface area (Å²) >= 11 is 6.29. The van der Waals surface area contributed by atoms with Gasteiger partial charge in [-0.25, -0.2) is 0 Å². The smallest absolute Gasteiger partial charge is 0.193 e. The van der Waals surface area contributed by atoms with Crippen LogP contribution in [0.2, 0.25) is 5.02 Å². The van der Waals surface area contributed by atoms with Gasteiger partial charge in [0, 0.05) is 39.3 Å². The summed E-state index contributed by atoms with van der Waals surface area (Å²) in [6.45, 7) is 6.19. The molecule has 0 radical (unpaired) electrons. The van der Waals surface area contributed by atoms with E-state index in [1.54, 1.807) is 0 Å². The third kappa shape index (κ3) is 3.98. The van der Waals surface area contributed by atoms with Crippen LogP contribution >= 0.6 is 35.6 Å². The highest BCUT2D eigenvalue weighted by Gasteiger charge is 2.34. The molecule has 1 N–H and O–H groups in total. The first-order valence-electron chi connectivity index (χ1n) is 7.67. The highest BCUT2D eigenvalue weighted by Crippen LogP contribution is 2.29. The van der Waals surface area contributed by atoms with E-state index in [0.717, 1.165) is 48.8 Å². The lowest BCUT2D eigenvalue weighted by Gasteiger charge is -2.38. The minimum Gasteiger partial charge on any atom is -0.367 e. The summed E-state index contributed by atoms with van der Waals surface area (Å²) in [4.78, 5) is 9.13. The van der Waals surface area contributed by atoms with Gasteiger partial charge in [-0.3, -0.25) is 4.99 Å². The van der Waals surface area contributed by atoms with Gasteiger partial charge in [0.15, 0.2) is 5.96 Å². The lowest BCUT2D eigenvalue weighted by molar-refractivity contribution is 0.371. The number of halogens is 2. The van der Waals surface area contributed by atoms with Crippen molar-refractivity contribution in [3.63, 3.8) is 0 Å². The van der Waals surface area contributed by atoms with Gasteiger partial charge in [-0.2, -0.15) is 0 Å². The van der Waals surface area contributed by atoms with E-state index < -0.39 is 0 Å². The molecule has 122 valence electrons. The monoisotopic (exact) mass is 434 g/mol. The molecule has 3 rings (SSSR count). The first kappa shape index (κ1) is 17.7. The van der Waals surface area contributed by atoms with Crippen molar-refractivity contribution in [3.8, 4) is 0 Å². The standard InChI is InChI=1S/C16H23ClN4.HI/c1-12-11-14(12)19-16(18-2)21-9-7-20(8-10-21)15-6-4-3-5-13(15)17;/h3-6,12,14H,7-11H2,1-2H3,(H,18,19);1H. The molecule has 1 heterocycles. The molecule has 2 unspecified atom stereocenters. The molecular weight excluding hydrogens is 411 g/mol. The third-order valence-corrected chi connectivity index (χ3v) is 4.73. The second-order valence-electron chi connectivity index (χ2n) is 5.94. The van der Waals surface area contributed by atoms with E-state index in [2.05, 4.69) is 33.1 Å². The summed E-state index contributed by atoms with van der Waals surface area (Å²) < 4.78 is 0. The number of nitrogens with zero attached hydrogens (tertiary/aromatic N) is 3. The van der Waals surface area contributed by atoms with E-state index in [1.165, 1.54) is 6.42 Å². The fourth-order valence-electron chi connectivity index (χ4n) is 2.85. The lowest BCUT2D eigenvalue weighted by Crippen LogP contribution is -2.53. The average molecular weight is 435 g/mol. The second kappa shape index (κ2) is 7.73. The number of hydrogen-bond donors (Lipinski definition) is 1. The fourth-order valence-corrected chi connectivity index (χ4v) is 3.11. The van der Waals surface area contributed by atoms with Crippen LogP contribution in [0.25, 0.3) is 0 Å². The molecule has 2 fully saturated rings. The molecular formula is C16H24ClIN4. The van der Waals surface area contributed by atoms with Crippen LogP contribution in [0.3, 0.4) is 0 Å². The molecule has 0 spiro atoms. The van der Waals surface area contributed by atoms with E-state index in [0.29, 0.717) is 6.04 Å². The van der Waals surface area contributed by atoms with Gasteiger partial charge >= 0.3 is 0 Å². The molecule has 0 amide bonds. The Kier molecular flexibility index (Phi) is 6.20. The maximum Gasteiger partial charge on any atom is 0.193 e. The van der Waals surface area contributed by atoms with Crippen molar-refractivity contribution in [1.29, 1.82) is 0 Å². The van der Waals surface area contributed by atoms with Gasteiger partial charge in [-0.1, -0.05) is 30.7 Å². The Morgan fingerprint density at radius 2 is 1.86 bits per heavy atom. The Labute approximate surface area is 154 Å². The van der Waals surface area contributed by atoms with E-state index in [4.69, 9.17) is 11.6 Å². The quantitative estimate of drug-likeness (QED) is 0.441. The van der Waals surface area contributed by atoms with Gasteiger partial charge in [-0.15, -0.1) is 24.0 Å². The summed E-state index contributed by atoms with van der Waals surface area (Å²) in [5.74, 6) is 1.83. The van der Waals surface area contributed by atoms with Crippen molar-refractivity contribution in [2.75, 3.05) is 38.1 Å². The van der Waals surface area contributed by atoms with Crippen molar-refractivity contribution < 1.29 is 0 Å². The van der Waals surface area contributed by atoms with Gasteiger partial charge in [0.25, 0.3) is 0 Å². The van der Waals surface area contributed by atoms with Gasteiger partial charge < -0.3 is 15.1 Å². The molecule has 1 aliphatic heterocycles. The Bertz CT molecular complexity index is 529. The zero-order valence-electron chi connectivity index (χ0n) is 13.1. The maximum absolute atomic E-state index is 6.29. The first-order chi connectivity index (χ1) is 10.2. The van der Waals surface area contributed by atoms with Crippen molar-refractivity contribution >= 4 is 47.2 Å². The first-order valence-corrected chi connectivity index (χ1v) is 8.04. The Balaban J connectivity index is 0.00000176. The summed E-state index contributed by atoms with van der Waals surface area (Å²) in [7, 11) is 1.87. The second-order valence-corrected chi connectivity index (χ2v) is 6.34. The molecule has 1 aliphatic carbocycles. The number of anilines is 1. The lowest BCUT2D eigenvalue weighted by atomic mass is 10.2. The molecule has 4 nitrogen and oxygen atoms in total. The van der Waals surface area contributed by atoms with Crippen molar-refractivity contribution in [1.82, 2.24) is 10.2 Å². The maximum atomic E-state index is 6.29. The third-order valence-electron chi connectivity index (χ3n) is 4.41. The molecule has 0 bridgehead atoms. The van der Waals surface area contributed by atoms with E-state index >= 15 is 0 Å². The highest BCUT2D eigenvalue weighted by atomic mass is 127. The molecule has 2 aliphatic rings. The molecule has 6 heteroatoms. The van der Waals surface area contributed by atoms with E-state index in [1.807, 2.05) is 25.2 Å². The van der Waals surface area contributed by atoms with Crippen molar-refractivity contribution in [2.45, 2.75) is 19.4 Å². The normalized spacial score (nSPS) is 24.8. The molecule has 1 aromatic carbocycles. The summed E-state index contributed by atoms with van der Waals surface area (Å²) in [5.41, 5.74) is 1.14. The minimum atomic E-state index is 0. The van der Waals surface area contributed by atoms with Crippen LogP contribution in [0.4, 0.5) is 5.69 Å². The van der Waals surface area contributed by atoms with Crippen LogP contribution in [0.1, 0.15) is 13.3 Å². The topological polar surface area (TPSA) is 30.9 Å². The Morgan fingerprint density at radius 1 is 1.23 bits per heavy atom. The largest absolute Gasteiger partial charge is 0.367 e. The van der Waals surface area contributed by atoms with Gasteiger partial charge in [0.2, 0.25) is 0 Å². The van der Waals surface area contributed by atoms with Crippen molar-refractivity contribution in [2.24, 2.45) is 10.9 Å². The molecule has 0 aromatic heterocycles. The van der Waals surface area contributed by atoms with E-state index in [9.17, 15) is 0 Å². The highest BCUT2D eigenvalue weighted by molar-refractivity contribution is 14.0. The number of hydrogen-bond acceptors (Lipinski definition) is 2. The summed E-state index contributed by atoms with van der Waals surface area (Å²) in [6, 6.07) is 8.69. The van der Waals surface area contributed by atoms with Gasteiger partial charge in [-0.05, 0) is 24.5 Å². The number of rotatable bonds is 2. The number of benzene rings is 1. The van der Waals surface area contributed by atoms with Crippen LogP contribution in [0.15, 0.2) is 29.3 Å². The fraction of sp³-hybridized carbons (Fsp3) is 0.562. The summed E-state index contributed by atoms with van der Waals surface area (Å²) in [5, 5.41) is 4.39. The van der Waals surface area contributed by atoms with Crippen LogP contribution in [0.5, 0.6) is 0 Å². The zero-order chi connectivity index (χ0) is 14.8. The number of nitrogens with one attached hydrogen (secondary N) is 1. The van der Waals surface area contributed by atoms with Crippen molar-refractivity contribution in [3.05, 3.63) is 29.3 Å². The zero-order valence-corrected chi connectivity index (χ0v) is 16.2. The van der Waals surface area contributed by atoms with Crippen LogP contribution in [-0.2, 0) is 0 Å². The van der Waals surface area contributed by atoms with Gasteiger partial charge in [0.05, 0.1) is 10.7 Å². The predicted molar refractivity (Wildman–Crippen MR) is 105 cm³/mol. The molecule has 1 saturated carbocycles. The Hall–Kier alpha value is -0.690. The number of para-hydroxylation sites is 1. The minimum absolute atomic E-state index is 0. The molecule has 1 aromatic rings. The predicted octanol–water partition coefficient (Wildman–Crippen LogP) is 3.06. The van der Waals surface area contributed by atoms with E-state index in [-0.39, 0.29) is 24.0 Å². The number of aliphatic imine (C=N–C) groups is 1. The van der Waals surface area contributed by atoms with Crippen LogP contribution in [0, 0.1) is 5.92 Å². The summed E-state index contributed by atoms with van der Waals surface area (Å²) in [6.07, 6.45) is 1.26. The van der Waals surface area contributed by atoms with Crippen LogP contribution in [-0.4, -0.2) is 50.1 Å².